The maximum absolute atomic E-state index is 13.0. The molecule has 2 aromatic rings. The number of anilines is 1. The van der Waals surface area contributed by atoms with Crippen molar-refractivity contribution in [3.05, 3.63) is 51.7 Å². The summed E-state index contributed by atoms with van der Waals surface area (Å²) in [6, 6.07) is 7.99. The molecule has 2 N–H and O–H groups in total. The number of carbonyl (C=O) groups excluding carboxylic acids is 1. The number of aromatic nitrogens is 2. The van der Waals surface area contributed by atoms with Crippen LogP contribution in [0.2, 0.25) is 0 Å². The highest BCUT2D eigenvalue weighted by Crippen LogP contribution is 2.43. The Bertz CT molecular complexity index is 1070. The summed E-state index contributed by atoms with van der Waals surface area (Å²) in [6.45, 7) is 2.00. The van der Waals surface area contributed by atoms with E-state index < -0.39 is 22.8 Å². The van der Waals surface area contributed by atoms with E-state index in [1.54, 1.807) is 11.9 Å². The van der Waals surface area contributed by atoms with Gasteiger partial charge in [-0.25, -0.2) is 4.98 Å². The quantitative estimate of drug-likeness (QED) is 0.683. The molecule has 5 rings (SSSR count). The van der Waals surface area contributed by atoms with E-state index in [-0.39, 0.29) is 12.2 Å². The lowest BCUT2D eigenvalue weighted by molar-refractivity contribution is -0.0789. The fourth-order valence-electron chi connectivity index (χ4n) is 4.92. The zero-order valence-corrected chi connectivity index (χ0v) is 18.8. The van der Waals surface area contributed by atoms with E-state index in [2.05, 4.69) is 20.7 Å². The summed E-state index contributed by atoms with van der Waals surface area (Å²) in [7, 11) is 0. The van der Waals surface area contributed by atoms with Crippen LogP contribution >= 0.6 is 11.9 Å². The number of hydrogen-bond donors (Lipinski definition) is 2. The number of aromatic hydroxyl groups is 1. The maximum Gasteiger partial charge on any atom is 0.296 e. The van der Waals surface area contributed by atoms with Crippen molar-refractivity contribution in [1.82, 2.24) is 14.9 Å². The summed E-state index contributed by atoms with van der Waals surface area (Å²) in [5, 5.41) is 13.4. The van der Waals surface area contributed by atoms with Gasteiger partial charge in [0.25, 0.3) is 11.5 Å². The van der Waals surface area contributed by atoms with E-state index in [1.807, 2.05) is 18.2 Å². The lowest BCUT2D eigenvalue weighted by Gasteiger charge is -2.35. The third kappa shape index (κ3) is 3.77. The number of ether oxygens (including phenoxy) is 1. The molecule has 0 radical (unpaired) electrons. The van der Waals surface area contributed by atoms with E-state index in [0.29, 0.717) is 19.0 Å². The second-order valence-corrected chi connectivity index (χ2v) is 9.70. The number of para-hydroxylation sites is 1. The highest BCUT2D eigenvalue weighted by molar-refractivity contribution is 8.00. The molecule has 1 aliphatic carbocycles. The number of fused-ring (bicyclic) bond motifs is 2. The van der Waals surface area contributed by atoms with Crippen LogP contribution in [0.4, 0.5) is 5.69 Å². The molecule has 3 aliphatic rings. The largest absolute Gasteiger partial charge is 0.501 e. The van der Waals surface area contributed by atoms with Crippen LogP contribution < -0.4 is 15.2 Å². The highest BCUT2D eigenvalue weighted by atomic mass is 32.2. The van der Waals surface area contributed by atoms with Crippen molar-refractivity contribution < 1.29 is 14.6 Å². The molecule has 2 fully saturated rings. The van der Waals surface area contributed by atoms with Gasteiger partial charge in [-0.15, -0.1) is 0 Å². The van der Waals surface area contributed by atoms with E-state index in [1.165, 1.54) is 11.0 Å². The Morgan fingerprint density at radius 2 is 2.00 bits per heavy atom. The van der Waals surface area contributed by atoms with Crippen LogP contribution in [0.1, 0.15) is 60.4 Å². The molecule has 1 spiro atoms. The van der Waals surface area contributed by atoms with Crippen LogP contribution in [-0.4, -0.2) is 39.5 Å². The molecule has 2 aliphatic heterocycles. The molecule has 3 heterocycles. The van der Waals surface area contributed by atoms with Crippen molar-refractivity contribution in [3.8, 4) is 5.75 Å². The van der Waals surface area contributed by atoms with Gasteiger partial charge in [-0.05, 0) is 62.1 Å². The molecular weight excluding hydrogens is 428 g/mol. The number of amides is 1. The average molecular weight is 457 g/mol. The highest BCUT2D eigenvalue weighted by Gasteiger charge is 2.44. The minimum Gasteiger partial charge on any atom is -0.501 e. The van der Waals surface area contributed by atoms with Crippen molar-refractivity contribution in [2.75, 3.05) is 23.2 Å². The van der Waals surface area contributed by atoms with Crippen LogP contribution in [0, 0.1) is 0 Å². The zero-order valence-electron chi connectivity index (χ0n) is 18.0. The van der Waals surface area contributed by atoms with Crippen LogP contribution in [0.3, 0.4) is 0 Å². The Morgan fingerprint density at radius 3 is 2.78 bits per heavy atom. The Labute approximate surface area is 191 Å². The predicted molar refractivity (Wildman–Crippen MR) is 123 cm³/mol. The summed E-state index contributed by atoms with van der Waals surface area (Å²) in [5.41, 5.74) is 0.652. The number of carbonyl (C=O) groups is 1. The first-order valence-electron chi connectivity index (χ1n) is 11.3. The molecule has 1 aromatic carbocycles. The molecule has 0 unspecified atom stereocenters. The fourth-order valence-corrected chi connectivity index (χ4v) is 6.05. The van der Waals surface area contributed by atoms with Gasteiger partial charge in [0.05, 0.1) is 18.8 Å². The van der Waals surface area contributed by atoms with Gasteiger partial charge < -0.3 is 19.5 Å². The van der Waals surface area contributed by atoms with Crippen LogP contribution in [0.5, 0.6) is 5.75 Å². The standard InChI is InChI=1S/C23H28N4O4S/c28-19-18(25-22-23(9-3-4-10-23)31-13-12-26(22)21(19)30)20(29)24-15-16-7-1-2-8-17(16)27-11-5-6-14-32-27/h1-2,7-8,28H,3-6,9-15H2,(H,24,29). The Hall–Kier alpha value is -2.52. The summed E-state index contributed by atoms with van der Waals surface area (Å²) in [4.78, 5) is 30.4. The zero-order chi connectivity index (χ0) is 22.1. The number of nitrogens with one attached hydrogen (secondary N) is 1. The van der Waals surface area contributed by atoms with E-state index in [9.17, 15) is 14.7 Å². The van der Waals surface area contributed by atoms with Crippen molar-refractivity contribution in [3.63, 3.8) is 0 Å². The van der Waals surface area contributed by atoms with Gasteiger partial charge >= 0.3 is 0 Å². The molecule has 1 amide bonds. The molecule has 9 heteroatoms. The molecule has 8 nitrogen and oxygen atoms in total. The van der Waals surface area contributed by atoms with E-state index in [4.69, 9.17) is 4.74 Å². The Morgan fingerprint density at radius 1 is 1.19 bits per heavy atom. The van der Waals surface area contributed by atoms with Gasteiger partial charge in [-0.3, -0.25) is 14.2 Å². The smallest absolute Gasteiger partial charge is 0.296 e. The number of benzene rings is 1. The second-order valence-electron chi connectivity index (χ2n) is 8.59. The Balaban J connectivity index is 1.40. The lowest BCUT2D eigenvalue weighted by atomic mass is 9.99. The minimum absolute atomic E-state index is 0.220. The van der Waals surface area contributed by atoms with Crippen LogP contribution in [0.25, 0.3) is 0 Å². The van der Waals surface area contributed by atoms with Gasteiger partial charge in [0.2, 0.25) is 5.75 Å². The molecule has 0 atom stereocenters. The van der Waals surface area contributed by atoms with Gasteiger partial charge in [0.1, 0.15) is 11.4 Å². The van der Waals surface area contributed by atoms with E-state index in [0.717, 1.165) is 55.7 Å². The first kappa shape index (κ1) is 21.3. The summed E-state index contributed by atoms with van der Waals surface area (Å²) in [5.74, 6) is 0.407. The Kier molecular flexibility index (Phi) is 5.86. The molecule has 1 saturated carbocycles. The van der Waals surface area contributed by atoms with Crippen LogP contribution in [-0.2, 0) is 23.4 Å². The van der Waals surface area contributed by atoms with Gasteiger partial charge in [0.15, 0.2) is 5.69 Å². The molecule has 1 aromatic heterocycles. The summed E-state index contributed by atoms with van der Waals surface area (Å²) in [6.07, 6.45) is 5.88. The SMILES string of the molecule is O=C(NCc1ccccc1N1CCCCS1)c1nc2n(c(=O)c1O)CCOC21CCCC1. The first-order chi connectivity index (χ1) is 15.6. The second kappa shape index (κ2) is 8.78. The summed E-state index contributed by atoms with van der Waals surface area (Å²) < 4.78 is 9.80. The van der Waals surface area contributed by atoms with Gasteiger partial charge in [0, 0.05) is 18.8 Å². The predicted octanol–water partition coefficient (Wildman–Crippen LogP) is 2.93. The third-order valence-electron chi connectivity index (χ3n) is 6.57. The van der Waals surface area contributed by atoms with Crippen molar-refractivity contribution >= 4 is 23.5 Å². The fraction of sp³-hybridized carbons (Fsp3) is 0.522. The van der Waals surface area contributed by atoms with Gasteiger partial charge in [-0.1, -0.05) is 18.2 Å². The molecular formula is C23H28N4O4S. The molecule has 0 bridgehead atoms. The average Bonchev–Trinajstić information content (AvgIpc) is 3.30. The molecule has 1 saturated heterocycles. The van der Waals surface area contributed by atoms with Crippen molar-refractivity contribution in [2.45, 2.75) is 57.2 Å². The van der Waals surface area contributed by atoms with E-state index >= 15 is 0 Å². The molecule has 32 heavy (non-hydrogen) atoms. The topological polar surface area (TPSA) is 96.7 Å². The van der Waals surface area contributed by atoms with Gasteiger partial charge in [-0.2, -0.15) is 0 Å². The third-order valence-corrected chi connectivity index (χ3v) is 7.74. The molecule has 170 valence electrons. The first-order valence-corrected chi connectivity index (χ1v) is 12.3. The van der Waals surface area contributed by atoms with Crippen molar-refractivity contribution in [1.29, 1.82) is 0 Å². The van der Waals surface area contributed by atoms with Crippen LogP contribution in [0.15, 0.2) is 29.1 Å². The number of rotatable bonds is 4. The number of nitrogens with zero attached hydrogens (tertiary/aromatic N) is 3. The monoisotopic (exact) mass is 456 g/mol. The van der Waals surface area contributed by atoms with Crippen molar-refractivity contribution in [2.24, 2.45) is 0 Å². The summed E-state index contributed by atoms with van der Waals surface area (Å²) >= 11 is 1.80. The number of hydrogen-bond acceptors (Lipinski definition) is 7. The maximum atomic E-state index is 13.0. The minimum atomic E-state index is -0.627. The normalized spacial score (nSPS) is 19.7. The lowest BCUT2D eigenvalue weighted by Crippen LogP contribution is -2.44.